The molecule has 0 bridgehead atoms. The van der Waals surface area contributed by atoms with Gasteiger partial charge in [0.15, 0.2) is 0 Å². The molecule has 0 radical (unpaired) electrons. The number of morpholine rings is 1. The second-order valence-electron chi connectivity index (χ2n) is 9.32. The lowest BCUT2D eigenvalue weighted by atomic mass is 9.97. The van der Waals surface area contributed by atoms with Crippen LogP contribution >= 0.6 is 0 Å². The lowest BCUT2D eigenvalue weighted by molar-refractivity contribution is -0.121. The quantitative estimate of drug-likeness (QED) is 0.458. The van der Waals surface area contributed by atoms with Gasteiger partial charge in [0.1, 0.15) is 5.75 Å². The third kappa shape index (κ3) is 5.88. The fourth-order valence-corrected chi connectivity index (χ4v) is 6.18. The van der Waals surface area contributed by atoms with Crippen molar-refractivity contribution < 1.29 is 27.2 Å². The summed E-state index contributed by atoms with van der Waals surface area (Å²) in [5, 5.41) is 6.98. The summed E-state index contributed by atoms with van der Waals surface area (Å²) in [7, 11) is -2.23. The topological polar surface area (TPSA) is 127 Å². The van der Waals surface area contributed by atoms with Gasteiger partial charge in [0.05, 0.1) is 43.4 Å². The van der Waals surface area contributed by atoms with Crippen molar-refractivity contribution in [3.05, 3.63) is 54.4 Å². The van der Waals surface area contributed by atoms with Gasteiger partial charge < -0.3 is 19.3 Å². The van der Waals surface area contributed by atoms with Crippen LogP contribution in [0.25, 0.3) is 11.4 Å². The molecule has 1 amide bonds. The van der Waals surface area contributed by atoms with Gasteiger partial charge in [-0.2, -0.15) is 9.29 Å². The minimum Gasteiger partial charge on any atom is -0.495 e. The van der Waals surface area contributed by atoms with E-state index in [2.05, 4.69) is 20.4 Å². The predicted octanol–water partition coefficient (Wildman–Crippen LogP) is 2.62. The van der Waals surface area contributed by atoms with Crippen LogP contribution in [0.4, 0.5) is 5.69 Å². The van der Waals surface area contributed by atoms with Gasteiger partial charge in [-0.25, -0.2) is 8.42 Å². The van der Waals surface area contributed by atoms with E-state index in [0.29, 0.717) is 62.5 Å². The molecule has 5 rings (SSSR count). The Morgan fingerprint density at radius 1 is 1.13 bits per heavy atom. The average molecular weight is 542 g/mol. The van der Waals surface area contributed by atoms with Gasteiger partial charge >= 0.3 is 0 Å². The zero-order valence-electron chi connectivity index (χ0n) is 21.2. The molecule has 2 saturated heterocycles. The third-order valence-electron chi connectivity index (χ3n) is 6.77. The highest BCUT2D eigenvalue weighted by Gasteiger charge is 2.30. The normalized spacial score (nSPS) is 19.2. The molecule has 38 heavy (non-hydrogen) atoms. The summed E-state index contributed by atoms with van der Waals surface area (Å²) >= 11 is 0. The monoisotopic (exact) mass is 541 g/mol. The number of nitrogens with one attached hydrogen (secondary N) is 1. The summed E-state index contributed by atoms with van der Waals surface area (Å²) < 4.78 is 43.8. The number of hydrogen-bond acceptors (Lipinski definition) is 9. The first-order chi connectivity index (χ1) is 18.4. The van der Waals surface area contributed by atoms with E-state index in [1.807, 2.05) is 30.3 Å². The Hall–Kier alpha value is -3.32. The highest BCUT2D eigenvalue weighted by molar-refractivity contribution is 7.89. The highest BCUT2D eigenvalue weighted by Crippen LogP contribution is 2.30. The number of rotatable bonds is 8. The van der Waals surface area contributed by atoms with Gasteiger partial charge in [0.2, 0.25) is 27.6 Å². The Balaban J connectivity index is 1.25. The first kappa shape index (κ1) is 26.3. The fraction of sp³-hybridized carbons (Fsp3) is 0.423. The molecule has 1 aromatic heterocycles. The van der Waals surface area contributed by atoms with Crippen molar-refractivity contribution in [2.75, 3.05) is 51.8 Å². The number of likely N-dealkylation sites (tertiary alicyclic amines) is 1. The molecule has 3 heterocycles. The minimum atomic E-state index is -3.72. The number of benzene rings is 2. The Kier molecular flexibility index (Phi) is 8.03. The van der Waals surface area contributed by atoms with Crippen LogP contribution in [-0.4, -0.2) is 80.2 Å². The number of ether oxygens (including phenoxy) is 2. The molecule has 3 aromatic rings. The summed E-state index contributed by atoms with van der Waals surface area (Å²) in [6, 6.07) is 14.1. The summed E-state index contributed by atoms with van der Waals surface area (Å²) in [6.45, 7) is 3.07. The van der Waals surface area contributed by atoms with Crippen molar-refractivity contribution in [2.24, 2.45) is 5.92 Å². The van der Waals surface area contributed by atoms with Crippen LogP contribution in [0.3, 0.4) is 0 Å². The molecule has 0 aliphatic carbocycles. The highest BCUT2D eigenvalue weighted by atomic mass is 32.2. The van der Waals surface area contributed by atoms with Gasteiger partial charge in [-0.1, -0.05) is 35.5 Å². The van der Waals surface area contributed by atoms with E-state index in [1.54, 1.807) is 6.07 Å². The molecule has 11 nitrogen and oxygen atoms in total. The first-order valence-electron chi connectivity index (χ1n) is 12.6. The zero-order chi connectivity index (χ0) is 26.5. The van der Waals surface area contributed by atoms with Crippen molar-refractivity contribution in [1.82, 2.24) is 19.3 Å². The largest absolute Gasteiger partial charge is 0.495 e. The number of carbonyl (C=O) groups excluding carboxylic acids is 1. The first-order valence-corrected chi connectivity index (χ1v) is 14.1. The number of nitrogens with zero attached hydrogens (tertiary/aromatic N) is 4. The van der Waals surface area contributed by atoms with Crippen LogP contribution in [0.1, 0.15) is 18.7 Å². The van der Waals surface area contributed by atoms with Crippen LogP contribution in [0.15, 0.2) is 57.9 Å². The van der Waals surface area contributed by atoms with Crippen LogP contribution in [-0.2, 0) is 26.1 Å². The summed E-state index contributed by atoms with van der Waals surface area (Å²) in [5.74, 6) is 0.943. The molecule has 2 aromatic carbocycles. The van der Waals surface area contributed by atoms with Gasteiger partial charge in [-0.3, -0.25) is 9.69 Å². The second-order valence-corrected chi connectivity index (χ2v) is 11.3. The lowest BCUT2D eigenvalue weighted by Crippen LogP contribution is -2.41. The molecule has 1 atom stereocenters. The predicted molar refractivity (Wildman–Crippen MR) is 139 cm³/mol. The van der Waals surface area contributed by atoms with Crippen molar-refractivity contribution >= 4 is 21.6 Å². The van der Waals surface area contributed by atoms with Gasteiger partial charge in [-0.15, -0.1) is 0 Å². The van der Waals surface area contributed by atoms with E-state index in [0.717, 1.165) is 24.9 Å². The molecular formula is C26H31N5O6S. The number of hydrogen-bond donors (Lipinski definition) is 1. The molecule has 0 saturated carbocycles. The van der Waals surface area contributed by atoms with E-state index in [-0.39, 0.29) is 16.7 Å². The summed E-state index contributed by atoms with van der Waals surface area (Å²) in [6.07, 6.45) is 1.55. The number of piperidine rings is 1. The molecule has 2 fully saturated rings. The number of methoxy groups -OCH3 is 1. The Morgan fingerprint density at radius 2 is 1.92 bits per heavy atom. The van der Waals surface area contributed by atoms with E-state index < -0.39 is 10.0 Å². The maximum absolute atomic E-state index is 13.3. The third-order valence-corrected chi connectivity index (χ3v) is 8.67. The molecule has 0 spiro atoms. The number of anilines is 1. The molecule has 12 heteroatoms. The summed E-state index contributed by atoms with van der Waals surface area (Å²) in [5.41, 5.74) is 1.21. The van der Waals surface area contributed by atoms with Crippen molar-refractivity contribution in [3.8, 4) is 17.1 Å². The van der Waals surface area contributed by atoms with Crippen molar-refractivity contribution in [3.63, 3.8) is 0 Å². The number of sulfonamides is 1. The second kappa shape index (κ2) is 11.6. The Morgan fingerprint density at radius 3 is 2.68 bits per heavy atom. The van der Waals surface area contributed by atoms with Crippen LogP contribution in [0.2, 0.25) is 0 Å². The molecule has 2 aliphatic rings. The average Bonchev–Trinajstić information content (AvgIpc) is 3.42. The smallest absolute Gasteiger partial charge is 0.243 e. The number of carbonyl (C=O) groups is 1. The maximum Gasteiger partial charge on any atom is 0.243 e. The van der Waals surface area contributed by atoms with Crippen molar-refractivity contribution in [2.45, 2.75) is 24.3 Å². The Labute approximate surface area is 221 Å². The SMILES string of the molecule is COc1ccc(S(=O)(=O)N2CCOCC2)cc1NC(=O)C1CCCN(Cc2nc(-c3ccccc3)no2)C1. The molecule has 202 valence electrons. The molecule has 1 unspecified atom stereocenters. The number of aromatic nitrogens is 2. The van der Waals surface area contributed by atoms with Crippen LogP contribution in [0.5, 0.6) is 5.75 Å². The maximum atomic E-state index is 13.3. The van der Waals surface area contributed by atoms with E-state index in [1.165, 1.54) is 23.5 Å². The van der Waals surface area contributed by atoms with Crippen LogP contribution < -0.4 is 10.1 Å². The standard InChI is InChI=1S/C26H31N5O6S/c1-35-23-10-9-21(38(33,34)31-12-14-36-15-13-31)16-22(23)27-26(32)20-8-5-11-30(17-20)18-24-28-25(29-37-24)19-6-3-2-4-7-19/h2-4,6-7,9-10,16,20H,5,8,11-15,17-18H2,1H3,(H,27,32). The van der Waals surface area contributed by atoms with Gasteiger partial charge in [0, 0.05) is 25.2 Å². The van der Waals surface area contributed by atoms with Crippen molar-refractivity contribution in [1.29, 1.82) is 0 Å². The minimum absolute atomic E-state index is 0.103. The zero-order valence-corrected chi connectivity index (χ0v) is 22.0. The Bertz CT molecular complexity index is 1360. The van der Waals surface area contributed by atoms with E-state index in [4.69, 9.17) is 14.0 Å². The summed E-state index contributed by atoms with van der Waals surface area (Å²) in [4.78, 5) is 20.0. The lowest BCUT2D eigenvalue weighted by Gasteiger charge is -2.31. The number of amides is 1. The van der Waals surface area contributed by atoms with Crippen LogP contribution in [0, 0.1) is 5.92 Å². The molecular weight excluding hydrogens is 510 g/mol. The van der Waals surface area contributed by atoms with E-state index >= 15 is 0 Å². The molecule has 2 aliphatic heterocycles. The molecule has 1 N–H and O–H groups in total. The van der Waals surface area contributed by atoms with Gasteiger partial charge in [-0.05, 0) is 37.6 Å². The van der Waals surface area contributed by atoms with E-state index in [9.17, 15) is 13.2 Å². The van der Waals surface area contributed by atoms with Gasteiger partial charge in [0.25, 0.3) is 0 Å². The fourth-order valence-electron chi connectivity index (χ4n) is 4.74.